The molecule has 4 N–H and O–H groups in total. The Labute approximate surface area is 148 Å². The second-order valence-electron chi connectivity index (χ2n) is 5.53. The maximum Gasteiger partial charge on any atom is 0.260 e. The van der Waals surface area contributed by atoms with E-state index in [-0.39, 0.29) is 0 Å². The predicted octanol–water partition coefficient (Wildman–Crippen LogP) is 3.71. The first-order valence-corrected chi connectivity index (χ1v) is 8.46. The topological polar surface area (TPSA) is 94.9 Å². The van der Waals surface area contributed by atoms with E-state index in [0.717, 1.165) is 27.9 Å². The van der Waals surface area contributed by atoms with Crippen LogP contribution in [0.5, 0.6) is 0 Å². The summed E-state index contributed by atoms with van der Waals surface area (Å²) in [7, 11) is 0. The normalized spacial score (nSPS) is 10.9. The number of benzene rings is 1. The van der Waals surface area contributed by atoms with Gasteiger partial charge < -0.3 is 11.5 Å². The summed E-state index contributed by atoms with van der Waals surface area (Å²) >= 11 is 1.21. The molecular weight excluding hydrogens is 332 g/mol. The third-order valence-corrected chi connectivity index (χ3v) is 5.05. The molecule has 25 heavy (non-hydrogen) atoms. The molecule has 0 aliphatic rings. The third kappa shape index (κ3) is 2.62. The summed E-state index contributed by atoms with van der Waals surface area (Å²) in [6.07, 6.45) is 1.72. The Hall–Kier alpha value is -3.25. The number of aromatic nitrogens is 2. The molecular formula is C19H14N4OS. The first kappa shape index (κ1) is 15.3. The number of nitrogens with zero attached hydrogens (tertiary/aromatic N) is 2. The van der Waals surface area contributed by atoms with Crippen molar-refractivity contribution in [2.45, 2.75) is 0 Å². The van der Waals surface area contributed by atoms with E-state index in [1.807, 2.05) is 54.6 Å². The monoisotopic (exact) mass is 346 g/mol. The molecule has 0 aliphatic carbocycles. The number of nitrogens with two attached hydrogens (primary N) is 2. The average molecular weight is 346 g/mol. The second-order valence-corrected chi connectivity index (χ2v) is 6.52. The van der Waals surface area contributed by atoms with Gasteiger partial charge in [0.2, 0.25) is 0 Å². The first-order valence-electron chi connectivity index (χ1n) is 7.65. The van der Waals surface area contributed by atoms with Crippen LogP contribution in [0, 0.1) is 0 Å². The Bertz CT molecular complexity index is 1070. The van der Waals surface area contributed by atoms with Gasteiger partial charge in [0.1, 0.15) is 9.71 Å². The molecule has 0 saturated heterocycles. The molecule has 0 bridgehead atoms. The van der Waals surface area contributed by atoms with Gasteiger partial charge in [-0.15, -0.1) is 11.3 Å². The van der Waals surface area contributed by atoms with Gasteiger partial charge in [0.25, 0.3) is 5.91 Å². The number of anilines is 1. The summed E-state index contributed by atoms with van der Waals surface area (Å²) in [5.74, 6) is -0.543. The zero-order valence-electron chi connectivity index (χ0n) is 13.1. The molecule has 0 spiro atoms. The third-order valence-electron chi connectivity index (χ3n) is 3.93. The fourth-order valence-corrected chi connectivity index (χ4v) is 3.77. The summed E-state index contributed by atoms with van der Waals surface area (Å²) < 4.78 is 0. The number of fused-ring (bicyclic) bond motifs is 1. The molecule has 122 valence electrons. The fraction of sp³-hybridized carbons (Fsp3) is 0. The van der Waals surface area contributed by atoms with Gasteiger partial charge >= 0.3 is 0 Å². The van der Waals surface area contributed by atoms with Gasteiger partial charge in [0.05, 0.1) is 17.1 Å². The molecule has 4 aromatic rings. The summed E-state index contributed by atoms with van der Waals surface area (Å²) in [6, 6.07) is 17.5. The zero-order chi connectivity index (χ0) is 17.4. The number of rotatable bonds is 3. The molecule has 3 aromatic heterocycles. The van der Waals surface area contributed by atoms with Crippen molar-refractivity contribution in [2.24, 2.45) is 5.73 Å². The number of primary amides is 1. The Morgan fingerprint density at radius 1 is 1.00 bits per heavy atom. The number of hydrogen-bond donors (Lipinski definition) is 2. The number of nitrogen functional groups attached to an aromatic ring is 1. The van der Waals surface area contributed by atoms with Crippen LogP contribution >= 0.6 is 11.3 Å². The number of carbonyl (C=O) groups excluding carboxylic acids is 1. The van der Waals surface area contributed by atoms with E-state index >= 15 is 0 Å². The highest BCUT2D eigenvalue weighted by atomic mass is 32.1. The van der Waals surface area contributed by atoms with E-state index in [1.165, 1.54) is 11.3 Å². The van der Waals surface area contributed by atoms with Crippen molar-refractivity contribution in [1.82, 2.24) is 9.97 Å². The van der Waals surface area contributed by atoms with Crippen molar-refractivity contribution < 1.29 is 4.79 Å². The first-order chi connectivity index (χ1) is 12.1. The molecule has 1 amide bonds. The Morgan fingerprint density at radius 2 is 1.76 bits per heavy atom. The number of thiophene rings is 1. The highest BCUT2D eigenvalue weighted by Gasteiger charge is 2.20. The van der Waals surface area contributed by atoms with Gasteiger partial charge in [-0.1, -0.05) is 36.4 Å². The SMILES string of the molecule is NC(=O)c1sc2nc(-c3ccccn3)cc(-c3ccccc3)c2c1N. The van der Waals surface area contributed by atoms with Crippen LogP contribution < -0.4 is 11.5 Å². The standard InChI is InChI=1S/C19H14N4OS/c20-16-15-12(11-6-2-1-3-7-11)10-14(13-8-4-5-9-22-13)23-19(15)25-17(16)18(21)24/h1-10H,20H2,(H2,21,24). The lowest BCUT2D eigenvalue weighted by atomic mass is 10.0. The lowest BCUT2D eigenvalue weighted by Gasteiger charge is -2.08. The van der Waals surface area contributed by atoms with Gasteiger partial charge in [0.15, 0.2) is 0 Å². The van der Waals surface area contributed by atoms with Gasteiger partial charge in [-0.3, -0.25) is 9.78 Å². The lowest BCUT2D eigenvalue weighted by molar-refractivity contribution is 0.100. The molecule has 4 rings (SSSR count). The molecule has 0 unspecified atom stereocenters. The van der Waals surface area contributed by atoms with Crippen molar-refractivity contribution in [3.63, 3.8) is 0 Å². The van der Waals surface area contributed by atoms with Gasteiger partial charge in [-0.2, -0.15) is 0 Å². The molecule has 5 nitrogen and oxygen atoms in total. The second kappa shape index (κ2) is 5.99. The minimum Gasteiger partial charge on any atom is -0.397 e. The number of carbonyl (C=O) groups is 1. The van der Waals surface area contributed by atoms with E-state index in [9.17, 15) is 4.79 Å². The number of amides is 1. The van der Waals surface area contributed by atoms with Gasteiger partial charge in [-0.25, -0.2) is 4.98 Å². The summed E-state index contributed by atoms with van der Waals surface area (Å²) in [5.41, 5.74) is 15.5. The molecule has 0 fully saturated rings. The molecule has 0 radical (unpaired) electrons. The smallest absolute Gasteiger partial charge is 0.260 e. The van der Waals surface area contributed by atoms with Crippen molar-refractivity contribution in [1.29, 1.82) is 0 Å². The van der Waals surface area contributed by atoms with Crippen LogP contribution in [0.1, 0.15) is 9.67 Å². The van der Waals surface area contributed by atoms with Crippen molar-refractivity contribution >= 4 is 33.1 Å². The quantitative estimate of drug-likeness (QED) is 0.591. The van der Waals surface area contributed by atoms with Crippen LogP contribution in [0.3, 0.4) is 0 Å². The average Bonchev–Trinajstić information content (AvgIpc) is 2.99. The molecule has 0 aliphatic heterocycles. The molecule has 1 aromatic carbocycles. The largest absolute Gasteiger partial charge is 0.397 e. The molecule has 6 heteroatoms. The highest BCUT2D eigenvalue weighted by Crippen LogP contribution is 2.40. The van der Waals surface area contributed by atoms with Gasteiger partial charge in [0, 0.05) is 11.6 Å². The summed E-state index contributed by atoms with van der Waals surface area (Å²) in [5, 5.41) is 0.754. The minimum absolute atomic E-state index is 0.331. The molecule has 0 atom stereocenters. The summed E-state index contributed by atoms with van der Waals surface area (Å²) in [6.45, 7) is 0. The van der Waals surface area contributed by atoms with Crippen LogP contribution in [0.15, 0.2) is 60.8 Å². The maximum absolute atomic E-state index is 11.7. The fourth-order valence-electron chi connectivity index (χ4n) is 2.79. The van der Waals surface area contributed by atoms with Crippen LogP contribution in [0.4, 0.5) is 5.69 Å². The Balaban J connectivity index is 2.07. The van der Waals surface area contributed by atoms with Gasteiger partial charge in [-0.05, 0) is 29.3 Å². The van der Waals surface area contributed by atoms with Crippen LogP contribution in [-0.4, -0.2) is 15.9 Å². The maximum atomic E-state index is 11.7. The zero-order valence-corrected chi connectivity index (χ0v) is 14.0. The molecule has 3 heterocycles. The van der Waals surface area contributed by atoms with E-state index in [2.05, 4.69) is 9.97 Å². The van der Waals surface area contributed by atoms with E-state index in [0.29, 0.717) is 15.4 Å². The van der Waals surface area contributed by atoms with Crippen molar-refractivity contribution in [3.8, 4) is 22.5 Å². The number of pyridine rings is 2. The number of hydrogen-bond acceptors (Lipinski definition) is 5. The Morgan fingerprint density at radius 3 is 2.44 bits per heavy atom. The van der Waals surface area contributed by atoms with Crippen molar-refractivity contribution in [3.05, 3.63) is 65.7 Å². The van der Waals surface area contributed by atoms with Crippen molar-refractivity contribution in [2.75, 3.05) is 5.73 Å². The predicted molar refractivity (Wildman–Crippen MR) is 101 cm³/mol. The highest BCUT2D eigenvalue weighted by molar-refractivity contribution is 7.21. The lowest BCUT2D eigenvalue weighted by Crippen LogP contribution is -2.10. The minimum atomic E-state index is -0.543. The van der Waals surface area contributed by atoms with Crippen LogP contribution in [0.25, 0.3) is 32.7 Å². The Kier molecular flexibility index (Phi) is 3.66. The summed E-state index contributed by atoms with van der Waals surface area (Å²) in [4.78, 5) is 21.8. The molecule has 0 saturated carbocycles. The van der Waals surface area contributed by atoms with E-state index in [4.69, 9.17) is 11.5 Å². The van der Waals surface area contributed by atoms with Crippen LogP contribution in [-0.2, 0) is 0 Å². The van der Waals surface area contributed by atoms with Crippen LogP contribution in [0.2, 0.25) is 0 Å². The van der Waals surface area contributed by atoms with E-state index < -0.39 is 5.91 Å². The van der Waals surface area contributed by atoms with E-state index in [1.54, 1.807) is 6.20 Å².